The summed E-state index contributed by atoms with van der Waals surface area (Å²) in [6.07, 6.45) is 4.65. The van der Waals surface area contributed by atoms with Crippen LogP contribution in [0.5, 0.6) is 0 Å². The fourth-order valence-electron chi connectivity index (χ4n) is 3.12. The summed E-state index contributed by atoms with van der Waals surface area (Å²) in [6, 6.07) is 0. The molecule has 2 aliphatic carbocycles. The van der Waals surface area contributed by atoms with Gasteiger partial charge in [-0.25, -0.2) is 0 Å². The van der Waals surface area contributed by atoms with Crippen molar-refractivity contribution in [2.24, 2.45) is 17.8 Å². The molecule has 0 heterocycles. The molecule has 8 atom stereocenters. The van der Waals surface area contributed by atoms with Gasteiger partial charge in [0.1, 0.15) is 0 Å². The zero-order chi connectivity index (χ0) is 8.72. The van der Waals surface area contributed by atoms with Crippen molar-refractivity contribution >= 4 is 33.1 Å². The Kier molecular flexibility index (Phi) is 3.47. The Balaban J connectivity index is 2.06. The van der Waals surface area contributed by atoms with Crippen LogP contribution in [0.15, 0.2) is 0 Å². The highest BCUT2D eigenvalue weighted by Crippen LogP contribution is 2.75. The van der Waals surface area contributed by atoms with Gasteiger partial charge in [-0.1, -0.05) is 22.2 Å². The first-order chi connectivity index (χ1) is 5.74. The van der Waals surface area contributed by atoms with Gasteiger partial charge in [0.05, 0.1) is 0 Å². The van der Waals surface area contributed by atoms with Crippen LogP contribution < -0.4 is 0 Å². The number of fused-ring (bicyclic) bond motifs is 2. The summed E-state index contributed by atoms with van der Waals surface area (Å²) in [5.74, 6) is 3.26. The highest BCUT2D eigenvalue weighted by atomic mass is 32.6. The molecule has 0 aliphatic heterocycles. The molecule has 0 N–H and O–H groups in total. The standard InChI is InChI=1S/C8H18P4/c1-5-6-2-3-7(4-6)8(5)12(10)11-9/h5-8,11H,2-4,9-10H2,1H3. The maximum atomic E-state index is 3.13. The summed E-state index contributed by atoms with van der Waals surface area (Å²) in [5, 5.41) is 0. The summed E-state index contributed by atoms with van der Waals surface area (Å²) in [7, 11) is 7.46. The first kappa shape index (κ1) is 10.2. The van der Waals surface area contributed by atoms with E-state index in [2.05, 4.69) is 24.8 Å². The van der Waals surface area contributed by atoms with Crippen molar-refractivity contribution in [1.29, 1.82) is 0 Å². The molecular weight excluding hydrogens is 220 g/mol. The average molecular weight is 238 g/mol. The summed E-state index contributed by atoms with van der Waals surface area (Å²) in [5.41, 5.74) is 1.10. The Morgan fingerprint density at radius 2 is 2.00 bits per heavy atom. The second-order valence-corrected chi connectivity index (χ2v) is 13.8. The second-order valence-electron chi connectivity index (χ2n) is 4.22. The molecule has 0 saturated heterocycles. The SMILES string of the molecule is CC1C2CCC(C2)C1P(P)PP. The molecule has 0 aromatic heterocycles. The van der Waals surface area contributed by atoms with Crippen LogP contribution in [0.3, 0.4) is 0 Å². The number of hydrogen-bond acceptors (Lipinski definition) is 0. The summed E-state index contributed by atoms with van der Waals surface area (Å²) in [4.78, 5) is 0. The van der Waals surface area contributed by atoms with Gasteiger partial charge in [0.25, 0.3) is 0 Å². The molecule has 2 bridgehead atoms. The molecule has 0 nitrogen and oxygen atoms in total. The molecule has 2 aliphatic rings. The second kappa shape index (κ2) is 4.07. The maximum Gasteiger partial charge on any atom is -0.00792 e. The van der Waals surface area contributed by atoms with Crippen molar-refractivity contribution in [2.75, 3.05) is 0 Å². The van der Waals surface area contributed by atoms with E-state index < -0.39 is 0 Å². The van der Waals surface area contributed by atoms with Crippen molar-refractivity contribution in [3.63, 3.8) is 0 Å². The lowest BCUT2D eigenvalue weighted by atomic mass is 9.90. The largest absolute Gasteiger partial charge is 0.110 e. The van der Waals surface area contributed by atoms with E-state index in [9.17, 15) is 0 Å². The van der Waals surface area contributed by atoms with E-state index in [-0.39, 0.29) is 7.30 Å². The Hall–Kier alpha value is 1.72. The number of rotatable bonds is 2. The molecule has 12 heavy (non-hydrogen) atoms. The van der Waals surface area contributed by atoms with Crippen molar-refractivity contribution < 1.29 is 0 Å². The van der Waals surface area contributed by atoms with Crippen LogP contribution in [0, 0.1) is 17.8 Å². The zero-order valence-corrected chi connectivity index (χ0v) is 11.7. The minimum atomic E-state index is 0.274. The lowest BCUT2D eigenvalue weighted by molar-refractivity contribution is 0.369. The highest BCUT2D eigenvalue weighted by Gasteiger charge is 2.46. The third kappa shape index (κ3) is 1.63. The van der Waals surface area contributed by atoms with Gasteiger partial charge in [-0.05, 0) is 42.7 Å². The topological polar surface area (TPSA) is 0 Å². The molecule has 0 radical (unpaired) electrons. The monoisotopic (exact) mass is 238 g/mol. The summed E-state index contributed by atoms with van der Waals surface area (Å²) < 4.78 is 0. The molecule has 0 spiro atoms. The van der Waals surface area contributed by atoms with Crippen LogP contribution >= 0.6 is 33.1 Å². The van der Waals surface area contributed by atoms with Crippen LogP contribution in [0.25, 0.3) is 0 Å². The minimum absolute atomic E-state index is 0.274. The van der Waals surface area contributed by atoms with Crippen molar-refractivity contribution in [3.8, 4) is 0 Å². The van der Waals surface area contributed by atoms with Gasteiger partial charge in [-0.15, -0.1) is 17.9 Å². The molecule has 0 amide bonds. The third-order valence-corrected chi connectivity index (χ3v) is 15.1. The smallest absolute Gasteiger partial charge is 0.00792 e. The van der Waals surface area contributed by atoms with Gasteiger partial charge in [-0.3, -0.25) is 0 Å². The quantitative estimate of drug-likeness (QED) is 0.636. The van der Waals surface area contributed by atoms with Crippen LogP contribution in [0.4, 0.5) is 0 Å². The minimum Gasteiger partial charge on any atom is -0.110 e. The lowest BCUT2D eigenvalue weighted by Crippen LogP contribution is -2.21. The van der Waals surface area contributed by atoms with Crippen molar-refractivity contribution in [1.82, 2.24) is 0 Å². The molecule has 0 aromatic rings. The van der Waals surface area contributed by atoms with Crippen LogP contribution in [-0.2, 0) is 0 Å². The highest BCUT2D eigenvalue weighted by molar-refractivity contribution is 8.61. The van der Waals surface area contributed by atoms with E-state index in [1.807, 2.05) is 0 Å². The van der Waals surface area contributed by atoms with Gasteiger partial charge in [0.15, 0.2) is 0 Å². The fourth-order valence-corrected chi connectivity index (χ4v) is 9.71. The van der Waals surface area contributed by atoms with Gasteiger partial charge in [0, 0.05) is 0 Å². The van der Waals surface area contributed by atoms with Gasteiger partial charge < -0.3 is 0 Å². The molecule has 2 saturated carbocycles. The van der Waals surface area contributed by atoms with Gasteiger partial charge in [0.2, 0.25) is 0 Å². The van der Waals surface area contributed by atoms with Crippen LogP contribution in [0.2, 0.25) is 0 Å². The van der Waals surface area contributed by atoms with E-state index >= 15 is 0 Å². The average Bonchev–Trinajstić information content (AvgIpc) is 2.63. The van der Waals surface area contributed by atoms with E-state index in [1.54, 1.807) is 12.8 Å². The maximum absolute atomic E-state index is 3.13. The zero-order valence-electron chi connectivity index (χ0n) is 7.53. The third-order valence-electron chi connectivity index (χ3n) is 3.75. The van der Waals surface area contributed by atoms with E-state index in [0.717, 1.165) is 31.4 Å². The van der Waals surface area contributed by atoms with Gasteiger partial charge in [-0.2, -0.15) is 0 Å². The summed E-state index contributed by atoms with van der Waals surface area (Å²) >= 11 is 0. The Bertz CT molecular complexity index is 170. The molecule has 2 fully saturated rings. The Morgan fingerprint density at radius 1 is 1.33 bits per heavy atom. The van der Waals surface area contributed by atoms with Crippen molar-refractivity contribution in [3.05, 3.63) is 0 Å². The molecule has 2 rings (SSSR count). The predicted octanol–water partition coefficient (Wildman–Crippen LogP) is 4.08. The lowest BCUT2D eigenvalue weighted by Gasteiger charge is -2.32. The van der Waals surface area contributed by atoms with Crippen LogP contribution in [0.1, 0.15) is 26.2 Å². The first-order valence-electron chi connectivity index (χ1n) is 4.74. The van der Waals surface area contributed by atoms with Crippen molar-refractivity contribution in [2.45, 2.75) is 31.8 Å². The Morgan fingerprint density at radius 3 is 2.50 bits per heavy atom. The molecule has 0 aromatic carbocycles. The summed E-state index contributed by atoms with van der Waals surface area (Å²) in [6.45, 7) is 2.50. The number of hydrogen-bond donors (Lipinski definition) is 0. The Labute approximate surface area is 83.0 Å². The van der Waals surface area contributed by atoms with E-state index in [1.165, 1.54) is 6.42 Å². The molecule has 8 unspecified atom stereocenters. The van der Waals surface area contributed by atoms with E-state index in [4.69, 9.17) is 0 Å². The van der Waals surface area contributed by atoms with Crippen LogP contribution in [-0.4, -0.2) is 5.66 Å². The molecule has 70 valence electrons. The normalized spacial score (nSPS) is 49.2. The first-order valence-corrected chi connectivity index (χ1v) is 11.4. The van der Waals surface area contributed by atoms with Gasteiger partial charge >= 0.3 is 0 Å². The fraction of sp³-hybridized carbons (Fsp3) is 1.00. The molecule has 4 heteroatoms. The molecular formula is C8H18P4. The van der Waals surface area contributed by atoms with E-state index in [0.29, 0.717) is 0 Å². The predicted molar refractivity (Wildman–Crippen MR) is 68.4 cm³/mol.